The molecule has 0 saturated heterocycles. The van der Waals surface area contributed by atoms with Crippen molar-refractivity contribution in [2.75, 3.05) is 13.1 Å². The molecule has 0 unspecified atom stereocenters. The molecule has 102 valence electrons. The molecule has 5 heteroatoms. The Morgan fingerprint density at radius 2 is 2.00 bits per heavy atom. The summed E-state index contributed by atoms with van der Waals surface area (Å²) in [6.45, 7) is 4.92. The minimum atomic E-state index is -0.536. The second kappa shape index (κ2) is 7.44. The highest BCUT2D eigenvalue weighted by molar-refractivity contribution is 5.87. The van der Waals surface area contributed by atoms with Gasteiger partial charge in [0, 0.05) is 18.0 Å². The zero-order valence-corrected chi connectivity index (χ0v) is 11.5. The van der Waals surface area contributed by atoms with E-state index < -0.39 is 5.41 Å². The summed E-state index contributed by atoms with van der Waals surface area (Å²) in [5, 5.41) is 6.38. The van der Waals surface area contributed by atoms with Crippen molar-refractivity contribution in [2.24, 2.45) is 5.11 Å². The largest absolute Gasteiger partial charge is 0.355 e. The Morgan fingerprint density at radius 3 is 2.63 bits per heavy atom. The van der Waals surface area contributed by atoms with Crippen molar-refractivity contribution >= 4 is 5.91 Å². The maximum absolute atomic E-state index is 12.2. The maximum atomic E-state index is 12.2. The molecule has 0 heterocycles. The number of hydrogen-bond acceptors (Lipinski definition) is 2. The number of nitrogens with one attached hydrogen (secondary N) is 1. The van der Waals surface area contributed by atoms with Crippen molar-refractivity contribution < 1.29 is 4.79 Å². The monoisotopic (exact) mass is 260 g/mol. The van der Waals surface area contributed by atoms with E-state index in [2.05, 4.69) is 15.3 Å². The van der Waals surface area contributed by atoms with Crippen LogP contribution in [-0.2, 0) is 10.2 Å². The minimum absolute atomic E-state index is 0.0162. The van der Waals surface area contributed by atoms with E-state index in [0.29, 0.717) is 13.1 Å². The van der Waals surface area contributed by atoms with Gasteiger partial charge in [-0.15, -0.1) is 0 Å². The van der Waals surface area contributed by atoms with E-state index in [9.17, 15) is 4.79 Å². The third-order valence-corrected chi connectivity index (χ3v) is 3.10. The van der Waals surface area contributed by atoms with Gasteiger partial charge in [-0.2, -0.15) is 0 Å². The molecule has 1 aromatic carbocycles. The van der Waals surface area contributed by atoms with E-state index in [1.807, 2.05) is 44.2 Å². The van der Waals surface area contributed by atoms with Crippen molar-refractivity contribution in [1.29, 1.82) is 0 Å². The SMILES string of the molecule is CC(C)(C(=O)NCCCCN=[N+]=[N-])c1ccccc1. The maximum Gasteiger partial charge on any atom is 0.230 e. The van der Waals surface area contributed by atoms with Gasteiger partial charge >= 0.3 is 0 Å². The van der Waals surface area contributed by atoms with Gasteiger partial charge in [0.25, 0.3) is 0 Å². The molecular weight excluding hydrogens is 240 g/mol. The summed E-state index contributed by atoms with van der Waals surface area (Å²) in [5.74, 6) is 0.0162. The molecule has 19 heavy (non-hydrogen) atoms. The number of amides is 1. The van der Waals surface area contributed by atoms with Crippen LogP contribution in [0, 0.1) is 0 Å². The quantitative estimate of drug-likeness (QED) is 0.347. The van der Waals surface area contributed by atoms with Crippen molar-refractivity contribution in [1.82, 2.24) is 5.32 Å². The zero-order valence-electron chi connectivity index (χ0n) is 11.5. The lowest BCUT2D eigenvalue weighted by molar-refractivity contribution is -0.125. The van der Waals surface area contributed by atoms with Crippen LogP contribution in [0.3, 0.4) is 0 Å². The summed E-state index contributed by atoms with van der Waals surface area (Å²) in [7, 11) is 0. The van der Waals surface area contributed by atoms with Crippen molar-refractivity contribution in [3.05, 3.63) is 46.3 Å². The summed E-state index contributed by atoms with van der Waals surface area (Å²) in [6.07, 6.45) is 1.60. The molecule has 0 aromatic heterocycles. The fourth-order valence-electron chi connectivity index (χ4n) is 1.76. The average molecular weight is 260 g/mol. The first-order chi connectivity index (χ1) is 9.09. The number of carbonyl (C=O) groups is 1. The van der Waals surface area contributed by atoms with Crippen LogP contribution < -0.4 is 5.32 Å². The molecule has 1 N–H and O–H groups in total. The van der Waals surface area contributed by atoms with Crippen LogP contribution in [0.25, 0.3) is 10.4 Å². The van der Waals surface area contributed by atoms with Crippen LogP contribution in [-0.4, -0.2) is 19.0 Å². The van der Waals surface area contributed by atoms with Gasteiger partial charge in [0.2, 0.25) is 5.91 Å². The van der Waals surface area contributed by atoms with Crippen LogP contribution in [0.4, 0.5) is 0 Å². The van der Waals surface area contributed by atoms with E-state index in [1.165, 1.54) is 0 Å². The number of unbranched alkanes of at least 4 members (excludes halogenated alkanes) is 1. The third-order valence-electron chi connectivity index (χ3n) is 3.10. The van der Waals surface area contributed by atoms with E-state index in [0.717, 1.165) is 18.4 Å². The number of hydrogen-bond donors (Lipinski definition) is 1. The summed E-state index contributed by atoms with van der Waals surface area (Å²) < 4.78 is 0. The Kier molecular flexibility index (Phi) is 5.90. The van der Waals surface area contributed by atoms with Crippen LogP contribution in [0.1, 0.15) is 32.3 Å². The topological polar surface area (TPSA) is 77.9 Å². The third kappa shape index (κ3) is 4.64. The predicted molar refractivity (Wildman–Crippen MR) is 75.7 cm³/mol. The second-order valence-corrected chi connectivity index (χ2v) is 4.91. The van der Waals surface area contributed by atoms with Crippen LogP contribution in [0.2, 0.25) is 0 Å². The number of nitrogens with zero attached hydrogens (tertiary/aromatic N) is 3. The van der Waals surface area contributed by atoms with Crippen LogP contribution in [0.15, 0.2) is 35.4 Å². The normalized spacial score (nSPS) is 10.6. The first kappa shape index (κ1) is 15.1. The van der Waals surface area contributed by atoms with Gasteiger partial charge in [0.15, 0.2) is 0 Å². The van der Waals surface area contributed by atoms with Gasteiger partial charge < -0.3 is 5.32 Å². The Bertz CT molecular complexity index is 450. The van der Waals surface area contributed by atoms with E-state index in [1.54, 1.807) is 0 Å². The number of benzene rings is 1. The molecule has 0 aliphatic carbocycles. The van der Waals surface area contributed by atoms with E-state index in [4.69, 9.17) is 5.53 Å². The minimum Gasteiger partial charge on any atom is -0.355 e. The second-order valence-electron chi connectivity index (χ2n) is 4.91. The smallest absolute Gasteiger partial charge is 0.230 e. The molecule has 1 aromatic rings. The molecule has 1 amide bonds. The Morgan fingerprint density at radius 1 is 1.32 bits per heavy atom. The highest BCUT2D eigenvalue weighted by Crippen LogP contribution is 2.22. The van der Waals surface area contributed by atoms with Gasteiger partial charge in [-0.3, -0.25) is 4.79 Å². The highest BCUT2D eigenvalue weighted by Gasteiger charge is 2.28. The molecule has 1 rings (SSSR count). The molecule has 0 atom stereocenters. The summed E-state index contributed by atoms with van der Waals surface area (Å²) in [4.78, 5) is 14.8. The van der Waals surface area contributed by atoms with Crippen LogP contribution in [0.5, 0.6) is 0 Å². The number of azide groups is 1. The first-order valence-electron chi connectivity index (χ1n) is 6.43. The molecule has 0 aliphatic rings. The summed E-state index contributed by atoms with van der Waals surface area (Å²) in [5.41, 5.74) is 8.60. The van der Waals surface area contributed by atoms with Crippen molar-refractivity contribution in [2.45, 2.75) is 32.1 Å². The van der Waals surface area contributed by atoms with Gasteiger partial charge in [-0.25, -0.2) is 0 Å². The number of carbonyl (C=O) groups excluding carboxylic acids is 1. The average Bonchev–Trinajstić information content (AvgIpc) is 2.43. The van der Waals surface area contributed by atoms with Gasteiger partial charge in [-0.1, -0.05) is 35.4 Å². The van der Waals surface area contributed by atoms with Crippen molar-refractivity contribution in [3.8, 4) is 0 Å². The molecule has 0 fully saturated rings. The molecule has 5 nitrogen and oxygen atoms in total. The molecule has 0 radical (unpaired) electrons. The molecule has 0 spiro atoms. The Balaban J connectivity index is 2.42. The standard InChI is InChI=1S/C14H20N4O/c1-14(2,12-8-4-3-5-9-12)13(19)16-10-6-7-11-17-18-15/h3-5,8-9H,6-7,10-11H2,1-2H3,(H,16,19). The lowest BCUT2D eigenvalue weighted by Crippen LogP contribution is -2.40. The summed E-state index contributed by atoms with van der Waals surface area (Å²) >= 11 is 0. The van der Waals surface area contributed by atoms with Gasteiger partial charge in [-0.05, 0) is 37.8 Å². The molecule has 0 saturated carbocycles. The van der Waals surface area contributed by atoms with Crippen molar-refractivity contribution in [3.63, 3.8) is 0 Å². The number of rotatable bonds is 7. The fraction of sp³-hybridized carbons (Fsp3) is 0.500. The van der Waals surface area contributed by atoms with Gasteiger partial charge in [0.05, 0.1) is 5.41 Å². The van der Waals surface area contributed by atoms with E-state index >= 15 is 0 Å². The fourth-order valence-corrected chi connectivity index (χ4v) is 1.76. The molecule has 0 bridgehead atoms. The zero-order chi connectivity index (χ0) is 14.1. The summed E-state index contributed by atoms with van der Waals surface area (Å²) in [6, 6.07) is 9.73. The van der Waals surface area contributed by atoms with E-state index in [-0.39, 0.29) is 5.91 Å². The lowest BCUT2D eigenvalue weighted by Gasteiger charge is -2.24. The predicted octanol–water partition coefficient (Wildman–Crippen LogP) is 3.17. The molecule has 0 aliphatic heterocycles. The first-order valence-corrected chi connectivity index (χ1v) is 6.43. The lowest BCUT2D eigenvalue weighted by atomic mass is 9.84. The van der Waals surface area contributed by atoms with Gasteiger partial charge in [0.1, 0.15) is 0 Å². The highest BCUT2D eigenvalue weighted by atomic mass is 16.2. The molecular formula is C14H20N4O. The Labute approximate surface area is 113 Å². The van der Waals surface area contributed by atoms with Crippen LogP contribution >= 0.6 is 0 Å². The Hall–Kier alpha value is -2.00.